The van der Waals surface area contributed by atoms with Crippen LogP contribution in [0.25, 0.3) is 0 Å². The fourth-order valence-electron chi connectivity index (χ4n) is 4.23. The molecule has 0 radical (unpaired) electrons. The third-order valence-corrected chi connectivity index (χ3v) is 8.12. The Morgan fingerprint density at radius 1 is 0.971 bits per heavy atom. The highest BCUT2D eigenvalue weighted by molar-refractivity contribution is 7.92. The van der Waals surface area contributed by atoms with E-state index in [4.69, 9.17) is 9.47 Å². The lowest BCUT2D eigenvalue weighted by atomic mass is 10.0. The van der Waals surface area contributed by atoms with Crippen molar-refractivity contribution >= 4 is 21.6 Å². The monoisotopic (exact) mass is 494 g/mol. The Morgan fingerprint density at radius 3 is 2.23 bits per heavy atom. The van der Waals surface area contributed by atoms with Gasteiger partial charge in [0.05, 0.1) is 23.7 Å². The molecule has 1 unspecified atom stereocenters. The molecule has 3 aromatic carbocycles. The minimum absolute atomic E-state index is 0.0278. The van der Waals surface area contributed by atoms with Gasteiger partial charge in [-0.15, -0.1) is 0 Å². The van der Waals surface area contributed by atoms with Crippen LogP contribution in [0.2, 0.25) is 0 Å². The average Bonchev–Trinajstić information content (AvgIpc) is 3.37. The summed E-state index contributed by atoms with van der Waals surface area (Å²) in [5.74, 6) is 1.21. The second-order valence-corrected chi connectivity index (χ2v) is 10.6. The highest BCUT2D eigenvalue weighted by Crippen LogP contribution is 2.33. The predicted octanol–water partition coefficient (Wildman–Crippen LogP) is 4.57. The van der Waals surface area contributed by atoms with Gasteiger partial charge in [0, 0.05) is 13.6 Å². The summed E-state index contributed by atoms with van der Waals surface area (Å²) < 4.78 is 38.0. The number of hydrogen-bond donors (Lipinski definition) is 0. The Balaban J connectivity index is 1.38. The molecule has 1 aliphatic heterocycles. The highest BCUT2D eigenvalue weighted by atomic mass is 32.2. The van der Waals surface area contributed by atoms with E-state index in [1.54, 1.807) is 55.6 Å². The Labute approximate surface area is 206 Å². The van der Waals surface area contributed by atoms with E-state index in [1.807, 2.05) is 36.1 Å². The molecule has 0 aliphatic carbocycles. The van der Waals surface area contributed by atoms with Gasteiger partial charge in [-0.1, -0.05) is 29.8 Å². The van der Waals surface area contributed by atoms with Gasteiger partial charge in [-0.25, -0.2) is 8.42 Å². The molecule has 1 heterocycles. The summed E-state index contributed by atoms with van der Waals surface area (Å²) in [4.78, 5) is 15.0. The van der Waals surface area contributed by atoms with Crippen LogP contribution >= 0.6 is 0 Å². The van der Waals surface area contributed by atoms with E-state index in [1.165, 1.54) is 11.4 Å². The van der Waals surface area contributed by atoms with Crippen molar-refractivity contribution in [2.75, 3.05) is 31.6 Å². The molecule has 1 saturated heterocycles. The maximum absolute atomic E-state index is 12.9. The summed E-state index contributed by atoms with van der Waals surface area (Å²) in [6, 6.07) is 21.3. The summed E-state index contributed by atoms with van der Waals surface area (Å²) in [5, 5.41) is 0. The number of nitrogens with zero attached hydrogens (tertiary/aromatic N) is 2. The van der Waals surface area contributed by atoms with E-state index in [0.717, 1.165) is 29.7 Å². The number of benzene rings is 3. The van der Waals surface area contributed by atoms with E-state index in [0.29, 0.717) is 18.0 Å². The molecule has 0 N–H and O–H groups in total. The van der Waals surface area contributed by atoms with Crippen molar-refractivity contribution in [1.82, 2.24) is 4.90 Å². The molecule has 35 heavy (non-hydrogen) atoms. The van der Waals surface area contributed by atoms with Gasteiger partial charge >= 0.3 is 0 Å². The number of rotatable bonds is 8. The van der Waals surface area contributed by atoms with Crippen molar-refractivity contribution < 1.29 is 22.7 Å². The maximum atomic E-state index is 12.9. The first-order chi connectivity index (χ1) is 16.8. The van der Waals surface area contributed by atoms with Crippen LogP contribution in [0.3, 0.4) is 0 Å². The second kappa shape index (κ2) is 10.4. The summed E-state index contributed by atoms with van der Waals surface area (Å²) in [6.07, 6.45) is 1.85. The molecular formula is C27H30N2O5S. The molecule has 4 rings (SSSR count). The number of likely N-dealkylation sites (tertiary alicyclic amines) is 1. The van der Waals surface area contributed by atoms with Crippen molar-refractivity contribution in [2.24, 2.45) is 0 Å². The molecule has 1 amide bonds. The third kappa shape index (κ3) is 5.43. The molecule has 1 fully saturated rings. The van der Waals surface area contributed by atoms with E-state index in [2.05, 4.69) is 0 Å². The molecule has 0 saturated carbocycles. The summed E-state index contributed by atoms with van der Waals surface area (Å²) in [6.45, 7) is 2.52. The molecule has 8 heteroatoms. The molecule has 0 spiro atoms. The minimum Gasteiger partial charge on any atom is -0.497 e. The van der Waals surface area contributed by atoms with Gasteiger partial charge in [-0.2, -0.15) is 0 Å². The lowest BCUT2D eigenvalue weighted by molar-refractivity contribution is -0.134. The summed E-state index contributed by atoms with van der Waals surface area (Å²) in [7, 11) is -0.526. The number of carbonyl (C=O) groups is 1. The van der Waals surface area contributed by atoms with Gasteiger partial charge in [0.15, 0.2) is 6.61 Å². The van der Waals surface area contributed by atoms with E-state index in [9.17, 15) is 13.2 Å². The number of methoxy groups -OCH3 is 1. The Bertz CT molecular complexity index is 1260. The SMILES string of the molecule is COc1ccc(C2CCCN2C(=O)COc2ccc(N(C)S(=O)(=O)c3ccc(C)cc3)cc2)cc1. The molecule has 0 aromatic heterocycles. The van der Waals surface area contributed by atoms with Crippen LogP contribution in [-0.4, -0.2) is 46.5 Å². The Hall–Kier alpha value is -3.52. The van der Waals surface area contributed by atoms with E-state index >= 15 is 0 Å². The number of anilines is 1. The van der Waals surface area contributed by atoms with Crippen LogP contribution < -0.4 is 13.8 Å². The largest absolute Gasteiger partial charge is 0.497 e. The first kappa shape index (κ1) is 24.6. The Kier molecular flexibility index (Phi) is 7.31. The summed E-state index contributed by atoms with van der Waals surface area (Å²) >= 11 is 0. The summed E-state index contributed by atoms with van der Waals surface area (Å²) in [5.41, 5.74) is 2.58. The zero-order chi connectivity index (χ0) is 25.0. The topological polar surface area (TPSA) is 76.2 Å². The van der Waals surface area contributed by atoms with Crippen molar-refractivity contribution in [3.05, 3.63) is 83.9 Å². The van der Waals surface area contributed by atoms with Crippen molar-refractivity contribution in [1.29, 1.82) is 0 Å². The molecule has 3 aromatic rings. The first-order valence-electron chi connectivity index (χ1n) is 11.5. The average molecular weight is 495 g/mol. The zero-order valence-electron chi connectivity index (χ0n) is 20.2. The number of sulfonamides is 1. The number of carbonyl (C=O) groups excluding carboxylic acids is 1. The van der Waals surface area contributed by atoms with Crippen LogP contribution in [0.5, 0.6) is 11.5 Å². The van der Waals surface area contributed by atoms with E-state index in [-0.39, 0.29) is 23.5 Å². The number of hydrogen-bond acceptors (Lipinski definition) is 5. The number of aryl methyl sites for hydroxylation is 1. The van der Waals surface area contributed by atoms with E-state index < -0.39 is 10.0 Å². The lowest BCUT2D eigenvalue weighted by Gasteiger charge is -2.25. The van der Waals surface area contributed by atoms with Crippen molar-refractivity contribution in [3.63, 3.8) is 0 Å². The standard InChI is InChI=1S/C27H30N2O5S/c1-20-6-16-25(17-7-20)35(31,32)28(2)22-10-14-24(15-11-22)34-19-27(30)29-18-4-5-26(29)21-8-12-23(33-3)13-9-21/h6-17,26H,4-5,18-19H2,1-3H3. The second-order valence-electron chi connectivity index (χ2n) is 8.59. The van der Waals surface area contributed by atoms with Crippen LogP contribution in [0, 0.1) is 6.92 Å². The smallest absolute Gasteiger partial charge is 0.264 e. The van der Waals surface area contributed by atoms with Gasteiger partial charge in [0.2, 0.25) is 0 Å². The zero-order valence-corrected chi connectivity index (χ0v) is 21.0. The predicted molar refractivity (Wildman–Crippen MR) is 135 cm³/mol. The first-order valence-corrected chi connectivity index (χ1v) is 13.0. The normalized spacial score (nSPS) is 15.6. The van der Waals surface area contributed by atoms with Crippen LogP contribution in [0.1, 0.15) is 30.0 Å². The third-order valence-electron chi connectivity index (χ3n) is 6.32. The highest BCUT2D eigenvalue weighted by Gasteiger charge is 2.30. The molecule has 184 valence electrons. The van der Waals surface area contributed by atoms with Gasteiger partial charge in [-0.3, -0.25) is 9.10 Å². The Morgan fingerprint density at radius 2 is 1.60 bits per heavy atom. The molecular weight excluding hydrogens is 464 g/mol. The molecule has 1 atom stereocenters. The molecule has 0 bridgehead atoms. The number of ether oxygens (including phenoxy) is 2. The minimum atomic E-state index is -3.67. The van der Waals surface area contributed by atoms with Crippen LogP contribution in [-0.2, 0) is 14.8 Å². The van der Waals surface area contributed by atoms with Crippen LogP contribution in [0.4, 0.5) is 5.69 Å². The van der Waals surface area contributed by atoms with Crippen molar-refractivity contribution in [3.8, 4) is 11.5 Å². The van der Waals surface area contributed by atoms with Crippen LogP contribution in [0.15, 0.2) is 77.7 Å². The fourth-order valence-corrected chi connectivity index (χ4v) is 5.42. The molecule has 1 aliphatic rings. The maximum Gasteiger partial charge on any atom is 0.264 e. The quantitative estimate of drug-likeness (QED) is 0.459. The fraction of sp³-hybridized carbons (Fsp3) is 0.296. The molecule has 7 nitrogen and oxygen atoms in total. The van der Waals surface area contributed by atoms with Crippen molar-refractivity contribution in [2.45, 2.75) is 30.7 Å². The van der Waals surface area contributed by atoms with Gasteiger partial charge < -0.3 is 14.4 Å². The van der Waals surface area contributed by atoms with Gasteiger partial charge in [0.1, 0.15) is 11.5 Å². The lowest BCUT2D eigenvalue weighted by Crippen LogP contribution is -2.34. The number of amides is 1. The van der Waals surface area contributed by atoms with Gasteiger partial charge in [0.25, 0.3) is 15.9 Å². The van der Waals surface area contributed by atoms with Gasteiger partial charge in [-0.05, 0) is 73.9 Å².